The molecule has 0 bridgehead atoms. The van der Waals surface area contributed by atoms with Gasteiger partial charge in [-0.15, -0.1) is 11.8 Å². The van der Waals surface area contributed by atoms with Crippen LogP contribution in [0.5, 0.6) is 0 Å². The van der Waals surface area contributed by atoms with E-state index in [0.717, 1.165) is 11.1 Å². The predicted octanol–water partition coefficient (Wildman–Crippen LogP) is 3.91. The summed E-state index contributed by atoms with van der Waals surface area (Å²) in [5.74, 6) is -0.211. The van der Waals surface area contributed by atoms with E-state index in [-0.39, 0.29) is 41.7 Å². The van der Waals surface area contributed by atoms with Gasteiger partial charge in [-0.1, -0.05) is 24.3 Å². The van der Waals surface area contributed by atoms with Crippen molar-refractivity contribution in [2.75, 3.05) is 5.75 Å². The summed E-state index contributed by atoms with van der Waals surface area (Å²) in [6.45, 7) is 5.54. The molecule has 0 aliphatic heterocycles. The summed E-state index contributed by atoms with van der Waals surface area (Å²) in [4.78, 5) is 37.2. The summed E-state index contributed by atoms with van der Waals surface area (Å²) < 4.78 is 13.2. The van der Waals surface area contributed by atoms with Crippen LogP contribution in [0.2, 0.25) is 0 Å². The van der Waals surface area contributed by atoms with E-state index in [9.17, 15) is 24.1 Å². The number of carbonyl (C=O) groups excluding carboxylic acids is 2. The highest BCUT2D eigenvalue weighted by Gasteiger charge is 2.26. The van der Waals surface area contributed by atoms with Crippen LogP contribution in [0.3, 0.4) is 0 Å². The van der Waals surface area contributed by atoms with Crippen LogP contribution >= 0.6 is 11.8 Å². The summed E-state index contributed by atoms with van der Waals surface area (Å²) in [6.07, 6.45) is 0. The molecular formula is C22H26FN3O4S. The van der Waals surface area contributed by atoms with Crippen LogP contribution in [0.15, 0.2) is 48.5 Å². The number of nitrogens with zero attached hydrogens (tertiary/aromatic N) is 2. The van der Waals surface area contributed by atoms with Crippen molar-refractivity contribution in [1.29, 1.82) is 0 Å². The van der Waals surface area contributed by atoms with Crippen molar-refractivity contribution in [2.45, 2.75) is 45.2 Å². The first kappa shape index (κ1) is 24.3. The zero-order valence-electron chi connectivity index (χ0n) is 17.7. The molecule has 2 aromatic rings. The Balaban J connectivity index is 2.04. The topological polar surface area (TPSA) is 92.6 Å². The lowest BCUT2D eigenvalue weighted by atomic mass is 10.1. The van der Waals surface area contributed by atoms with Gasteiger partial charge in [0, 0.05) is 30.5 Å². The SMILES string of the molecule is CC(C)NC(=O)C(C)N(Cc1ccc(F)cc1)C(=O)CSCc1ccc([N+](=O)[O-])cc1. The quantitative estimate of drug-likeness (QED) is 0.440. The zero-order valence-corrected chi connectivity index (χ0v) is 18.5. The minimum absolute atomic E-state index is 0.0142. The van der Waals surface area contributed by atoms with Crippen LogP contribution in [-0.4, -0.2) is 39.5 Å². The van der Waals surface area contributed by atoms with Crippen molar-refractivity contribution < 1.29 is 18.9 Å². The molecule has 0 saturated carbocycles. The van der Waals surface area contributed by atoms with Crippen molar-refractivity contribution >= 4 is 29.3 Å². The average Bonchev–Trinajstić information content (AvgIpc) is 2.72. The Morgan fingerprint density at radius 1 is 1.06 bits per heavy atom. The number of benzene rings is 2. The standard InChI is InChI=1S/C22H26FN3O4S/c1-15(2)24-22(28)16(3)25(12-17-4-8-19(23)9-5-17)21(27)14-31-13-18-6-10-20(11-7-18)26(29)30/h4-11,15-16H,12-14H2,1-3H3,(H,24,28). The molecule has 0 aliphatic carbocycles. The van der Waals surface area contributed by atoms with Gasteiger partial charge in [-0.25, -0.2) is 4.39 Å². The van der Waals surface area contributed by atoms with E-state index in [1.54, 1.807) is 31.2 Å². The lowest BCUT2D eigenvalue weighted by molar-refractivity contribution is -0.384. The molecule has 7 nitrogen and oxygen atoms in total. The molecule has 0 saturated heterocycles. The van der Waals surface area contributed by atoms with Crippen molar-refractivity contribution in [3.63, 3.8) is 0 Å². The van der Waals surface area contributed by atoms with Gasteiger partial charge >= 0.3 is 0 Å². The summed E-state index contributed by atoms with van der Waals surface area (Å²) in [7, 11) is 0. The maximum absolute atomic E-state index is 13.2. The Kier molecular flexibility index (Phi) is 8.99. The van der Waals surface area contributed by atoms with Crippen LogP contribution in [0.4, 0.5) is 10.1 Å². The minimum atomic E-state index is -0.695. The first-order chi connectivity index (χ1) is 14.7. The first-order valence-corrected chi connectivity index (χ1v) is 11.0. The van der Waals surface area contributed by atoms with Gasteiger partial charge in [0.15, 0.2) is 0 Å². The molecule has 1 N–H and O–H groups in total. The van der Waals surface area contributed by atoms with Gasteiger partial charge in [0.05, 0.1) is 10.7 Å². The molecule has 0 aromatic heterocycles. The second kappa shape index (κ2) is 11.5. The molecule has 2 amide bonds. The van der Waals surface area contributed by atoms with Gasteiger partial charge in [-0.3, -0.25) is 19.7 Å². The van der Waals surface area contributed by atoms with Crippen molar-refractivity contribution in [3.8, 4) is 0 Å². The second-order valence-corrected chi connectivity index (χ2v) is 8.39. The highest BCUT2D eigenvalue weighted by molar-refractivity contribution is 7.99. The van der Waals surface area contributed by atoms with Gasteiger partial charge in [-0.05, 0) is 44.0 Å². The van der Waals surface area contributed by atoms with E-state index in [0.29, 0.717) is 5.75 Å². The molecule has 1 atom stereocenters. The Hall–Kier alpha value is -2.94. The molecule has 1 unspecified atom stereocenters. The number of amides is 2. The fourth-order valence-electron chi connectivity index (χ4n) is 2.83. The molecule has 9 heteroatoms. The monoisotopic (exact) mass is 447 g/mol. The lowest BCUT2D eigenvalue weighted by Crippen LogP contribution is -2.49. The number of nitro benzene ring substituents is 1. The molecule has 31 heavy (non-hydrogen) atoms. The van der Waals surface area contributed by atoms with E-state index in [1.807, 2.05) is 13.8 Å². The lowest BCUT2D eigenvalue weighted by Gasteiger charge is -2.29. The number of nitro groups is 1. The molecule has 2 rings (SSSR count). The molecule has 0 fully saturated rings. The van der Waals surface area contributed by atoms with E-state index in [4.69, 9.17) is 0 Å². The number of halogens is 1. The Morgan fingerprint density at radius 2 is 1.65 bits per heavy atom. The predicted molar refractivity (Wildman–Crippen MR) is 119 cm³/mol. The first-order valence-electron chi connectivity index (χ1n) is 9.82. The maximum Gasteiger partial charge on any atom is 0.269 e. The summed E-state index contributed by atoms with van der Waals surface area (Å²) in [5, 5.41) is 13.6. The van der Waals surface area contributed by atoms with Gasteiger partial charge in [0.2, 0.25) is 11.8 Å². The van der Waals surface area contributed by atoms with E-state index in [2.05, 4.69) is 5.32 Å². The molecule has 0 spiro atoms. The zero-order chi connectivity index (χ0) is 23.0. The number of rotatable bonds is 10. The van der Waals surface area contributed by atoms with Crippen LogP contribution in [0, 0.1) is 15.9 Å². The fourth-order valence-corrected chi connectivity index (χ4v) is 3.70. The molecule has 0 aliphatic rings. The van der Waals surface area contributed by atoms with Crippen LogP contribution in [0.25, 0.3) is 0 Å². The van der Waals surface area contributed by atoms with Crippen LogP contribution in [-0.2, 0) is 21.9 Å². The van der Waals surface area contributed by atoms with Crippen LogP contribution < -0.4 is 5.32 Å². The Labute approximate surface area is 185 Å². The number of nitrogens with one attached hydrogen (secondary N) is 1. The molecule has 2 aromatic carbocycles. The average molecular weight is 448 g/mol. The minimum Gasteiger partial charge on any atom is -0.352 e. The third kappa shape index (κ3) is 7.67. The van der Waals surface area contributed by atoms with E-state index < -0.39 is 11.0 Å². The van der Waals surface area contributed by atoms with Gasteiger partial charge in [0.25, 0.3) is 5.69 Å². The molecule has 0 heterocycles. The third-order valence-electron chi connectivity index (χ3n) is 4.51. The maximum atomic E-state index is 13.2. The fraction of sp³-hybridized carbons (Fsp3) is 0.364. The van der Waals surface area contributed by atoms with E-state index >= 15 is 0 Å². The van der Waals surface area contributed by atoms with Gasteiger partial charge < -0.3 is 10.2 Å². The molecule has 166 valence electrons. The van der Waals surface area contributed by atoms with Crippen molar-refractivity contribution in [3.05, 3.63) is 75.6 Å². The Bertz CT molecular complexity index is 904. The van der Waals surface area contributed by atoms with Crippen LogP contribution in [0.1, 0.15) is 31.9 Å². The van der Waals surface area contributed by atoms with E-state index in [1.165, 1.54) is 40.9 Å². The summed E-state index contributed by atoms with van der Waals surface area (Å²) in [5.41, 5.74) is 1.60. The summed E-state index contributed by atoms with van der Waals surface area (Å²) in [6, 6.07) is 11.2. The third-order valence-corrected chi connectivity index (χ3v) is 5.49. The Morgan fingerprint density at radius 3 is 2.19 bits per heavy atom. The number of carbonyl (C=O) groups is 2. The number of hydrogen-bond donors (Lipinski definition) is 1. The van der Waals surface area contributed by atoms with Crippen molar-refractivity contribution in [2.24, 2.45) is 0 Å². The molecule has 0 radical (unpaired) electrons. The largest absolute Gasteiger partial charge is 0.352 e. The summed E-state index contributed by atoms with van der Waals surface area (Å²) >= 11 is 1.36. The second-order valence-electron chi connectivity index (χ2n) is 7.40. The highest BCUT2D eigenvalue weighted by Crippen LogP contribution is 2.18. The van der Waals surface area contributed by atoms with Crippen molar-refractivity contribution in [1.82, 2.24) is 10.2 Å². The van der Waals surface area contributed by atoms with Gasteiger partial charge in [-0.2, -0.15) is 0 Å². The number of hydrogen-bond acceptors (Lipinski definition) is 5. The molecular weight excluding hydrogens is 421 g/mol. The van der Waals surface area contributed by atoms with Gasteiger partial charge in [0.1, 0.15) is 11.9 Å². The highest BCUT2D eigenvalue weighted by atomic mass is 32.2. The normalized spacial score (nSPS) is 11.8. The number of non-ortho nitro benzene ring substituents is 1. The smallest absolute Gasteiger partial charge is 0.269 e. The number of thioether (sulfide) groups is 1.